The Kier molecular flexibility index (Phi) is 4.10. The fraction of sp³-hybridized carbons (Fsp3) is 1.00. The van der Waals surface area contributed by atoms with Gasteiger partial charge in [-0.3, -0.25) is 0 Å². The van der Waals surface area contributed by atoms with Gasteiger partial charge in [0.05, 0.1) is 0 Å². The molecule has 0 aromatic carbocycles. The molecule has 0 aliphatic rings. The van der Waals surface area contributed by atoms with Crippen LogP contribution in [0.25, 0.3) is 0 Å². The summed E-state index contributed by atoms with van der Waals surface area (Å²) in [6.07, 6.45) is -4.30. The van der Waals surface area contributed by atoms with Gasteiger partial charge in [-0.2, -0.15) is 22.2 Å². The molecular weight excluding hydrogens is 274 g/mol. The van der Waals surface area contributed by atoms with E-state index < -0.39 is 19.5 Å². The highest BCUT2D eigenvalue weighted by Gasteiger charge is 2.57. The molecule has 68 valence electrons. The predicted octanol–water partition coefficient (Wildman–Crippen LogP) is 3.95. The molecule has 0 saturated carbocycles. The first kappa shape index (κ1) is 12.8. The molecule has 0 aromatic rings. The molecule has 0 nitrogen and oxygen atoms in total. The van der Waals surface area contributed by atoms with Crippen LogP contribution in [0.4, 0.5) is 0 Å². The number of hydrogen-bond donors (Lipinski definition) is 0. The lowest BCUT2D eigenvalue weighted by molar-refractivity contribution is 1.99. The summed E-state index contributed by atoms with van der Waals surface area (Å²) in [4.78, 5) is 0. The summed E-state index contributed by atoms with van der Waals surface area (Å²) in [6.45, 7) is 6.04. The average Bonchev–Trinajstić information content (AvgIpc) is 1.58. The van der Waals surface area contributed by atoms with Crippen molar-refractivity contribution in [3.63, 3.8) is 0 Å². The van der Waals surface area contributed by atoms with E-state index in [1.807, 2.05) is 26.2 Å². The molecular formula is C4H12Cl4Si3. The lowest BCUT2D eigenvalue weighted by atomic mass is 11.9. The first-order valence-corrected chi connectivity index (χ1v) is 17.3. The van der Waals surface area contributed by atoms with E-state index in [-0.39, 0.29) is 0 Å². The van der Waals surface area contributed by atoms with Crippen LogP contribution in [0.3, 0.4) is 0 Å². The van der Waals surface area contributed by atoms with Crippen molar-refractivity contribution in [2.75, 3.05) is 0 Å². The minimum Gasteiger partial charge on any atom is -0.170 e. The maximum atomic E-state index is 6.35. The molecule has 0 radical (unpaired) electrons. The molecule has 7 heteroatoms. The first-order chi connectivity index (χ1) is 4.50. The third-order valence-corrected chi connectivity index (χ3v) is 52.3. The Labute approximate surface area is 89.6 Å². The zero-order valence-corrected chi connectivity index (χ0v) is 13.0. The molecule has 0 heterocycles. The quantitative estimate of drug-likeness (QED) is 0.532. The van der Waals surface area contributed by atoms with Crippen molar-refractivity contribution in [3.05, 3.63) is 0 Å². The third kappa shape index (κ3) is 2.90. The van der Waals surface area contributed by atoms with E-state index in [1.54, 1.807) is 0 Å². The van der Waals surface area contributed by atoms with E-state index in [4.69, 9.17) is 44.3 Å². The van der Waals surface area contributed by atoms with Crippen molar-refractivity contribution >= 4 is 63.8 Å². The Morgan fingerprint density at radius 2 is 1.00 bits per heavy atom. The number of halogens is 4. The van der Waals surface area contributed by atoms with Crippen LogP contribution in [0.15, 0.2) is 0 Å². The van der Waals surface area contributed by atoms with Crippen molar-refractivity contribution in [3.8, 4) is 0 Å². The maximum Gasteiger partial charge on any atom is 0.252 e. The molecule has 0 aliphatic heterocycles. The number of hydrogen-bond acceptors (Lipinski definition) is 0. The fourth-order valence-electron chi connectivity index (χ4n) is 0.522. The second kappa shape index (κ2) is 3.52. The van der Waals surface area contributed by atoms with Crippen molar-refractivity contribution in [1.29, 1.82) is 0 Å². The van der Waals surface area contributed by atoms with Gasteiger partial charge in [0, 0.05) is 0 Å². The molecule has 0 aliphatic carbocycles. The second-order valence-electron chi connectivity index (χ2n) is 3.36. The molecule has 0 rings (SSSR count). The van der Waals surface area contributed by atoms with Crippen LogP contribution in [0.5, 0.6) is 0 Å². The Hall–Kier alpha value is 1.81. The van der Waals surface area contributed by atoms with Crippen LogP contribution < -0.4 is 0 Å². The van der Waals surface area contributed by atoms with E-state index in [1.165, 1.54) is 0 Å². The summed E-state index contributed by atoms with van der Waals surface area (Å²) in [5.74, 6) is 0. The normalized spacial score (nSPS) is 19.6. The smallest absolute Gasteiger partial charge is 0.170 e. The van der Waals surface area contributed by atoms with E-state index in [0.29, 0.717) is 0 Å². The molecule has 11 heavy (non-hydrogen) atoms. The van der Waals surface area contributed by atoms with Gasteiger partial charge in [0.2, 0.25) is 0 Å². The van der Waals surface area contributed by atoms with Gasteiger partial charge >= 0.3 is 0 Å². The highest BCUT2D eigenvalue weighted by Crippen LogP contribution is 2.38. The van der Waals surface area contributed by atoms with Gasteiger partial charge < -0.3 is 0 Å². The minimum atomic E-state index is -2.24. The van der Waals surface area contributed by atoms with Crippen LogP contribution >= 0.6 is 44.3 Å². The van der Waals surface area contributed by atoms with Crippen molar-refractivity contribution in [2.24, 2.45) is 0 Å². The van der Waals surface area contributed by atoms with Gasteiger partial charge in [0.1, 0.15) is 0 Å². The largest absolute Gasteiger partial charge is 0.252 e. The van der Waals surface area contributed by atoms with Crippen LogP contribution in [0, 0.1) is 0 Å². The van der Waals surface area contributed by atoms with Gasteiger partial charge in [-0.05, 0) is 6.55 Å². The topological polar surface area (TPSA) is 0 Å². The molecule has 0 spiro atoms. The maximum absolute atomic E-state index is 6.35. The van der Waals surface area contributed by atoms with E-state index in [2.05, 4.69) is 0 Å². The molecule has 0 bridgehead atoms. The van der Waals surface area contributed by atoms with E-state index >= 15 is 0 Å². The standard InChI is InChI=1S/C4H12Cl4Si3/c1-9(2,5)11(4,8)10(3,6)7/h1-4H3. The summed E-state index contributed by atoms with van der Waals surface area (Å²) in [5, 5.41) is 0. The first-order valence-electron chi connectivity index (χ1n) is 3.26. The molecule has 1 atom stereocenters. The summed E-state index contributed by atoms with van der Waals surface area (Å²) in [5.41, 5.74) is 0. The highest BCUT2D eigenvalue weighted by atomic mass is 35.7. The Balaban J connectivity index is 4.75. The molecule has 0 aromatic heterocycles. The minimum absolute atomic E-state index is 1.85. The lowest BCUT2D eigenvalue weighted by Gasteiger charge is -2.35. The third-order valence-electron chi connectivity index (χ3n) is 1.94. The number of rotatable bonds is 2. The zero-order chi connectivity index (χ0) is 9.50. The van der Waals surface area contributed by atoms with E-state index in [9.17, 15) is 0 Å². The van der Waals surface area contributed by atoms with Gasteiger partial charge in [-0.25, -0.2) is 0 Å². The van der Waals surface area contributed by atoms with Crippen LogP contribution in [-0.2, 0) is 0 Å². The lowest BCUT2D eigenvalue weighted by Crippen LogP contribution is -2.62. The van der Waals surface area contributed by atoms with Crippen molar-refractivity contribution in [2.45, 2.75) is 26.2 Å². The summed E-state index contributed by atoms with van der Waals surface area (Å²) >= 11 is 24.8. The molecule has 0 fully saturated rings. The van der Waals surface area contributed by atoms with Crippen LogP contribution in [0.1, 0.15) is 0 Å². The van der Waals surface area contributed by atoms with Gasteiger partial charge in [0.15, 0.2) is 13.3 Å². The highest BCUT2D eigenvalue weighted by molar-refractivity contribution is 8.01. The van der Waals surface area contributed by atoms with Gasteiger partial charge in [0.25, 0.3) is 6.21 Å². The Morgan fingerprint density at radius 1 is 0.727 bits per heavy atom. The van der Waals surface area contributed by atoms with Crippen molar-refractivity contribution < 1.29 is 0 Å². The fourth-order valence-corrected chi connectivity index (χ4v) is 34.6. The summed E-state index contributed by atoms with van der Waals surface area (Å²) < 4.78 is 0. The summed E-state index contributed by atoms with van der Waals surface area (Å²) in [6, 6.07) is 0. The Bertz CT molecular complexity index is 128. The SMILES string of the molecule is C[Si](C)(Cl)[Si](C)(Cl)[Si](C)(Cl)Cl. The summed E-state index contributed by atoms with van der Waals surface area (Å²) in [7, 11) is 0. The Morgan fingerprint density at radius 3 is 1.00 bits per heavy atom. The predicted molar refractivity (Wildman–Crippen MR) is 64.1 cm³/mol. The van der Waals surface area contributed by atoms with Crippen LogP contribution in [-0.4, -0.2) is 19.5 Å². The van der Waals surface area contributed by atoms with Crippen molar-refractivity contribution in [1.82, 2.24) is 0 Å². The molecule has 0 saturated heterocycles. The second-order valence-corrected chi connectivity index (χ2v) is 39.3. The monoisotopic (exact) mass is 284 g/mol. The molecule has 1 unspecified atom stereocenters. The van der Waals surface area contributed by atoms with E-state index in [0.717, 1.165) is 0 Å². The van der Waals surface area contributed by atoms with Gasteiger partial charge in [-0.1, -0.05) is 19.6 Å². The average molecular weight is 286 g/mol. The van der Waals surface area contributed by atoms with Gasteiger partial charge in [-0.15, -0.1) is 22.2 Å². The molecule has 0 N–H and O–H groups in total. The molecule has 0 amide bonds. The van der Waals surface area contributed by atoms with Crippen LogP contribution in [0.2, 0.25) is 26.2 Å². The zero-order valence-electron chi connectivity index (χ0n) is 7.01.